The van der Waals surface area contributed by atoms with E-state index in [0.717, 1.165) is 41.9 Å². The van der Waals surface area contributed by atoms with Crippen LogP contribution in [0.3, 0.4) is 0 Å². The molecule has 1 aromatic carbocycles. The van der Waals surface area contributed by atoms with Crippen molar-refractivity contribution in [1.29, 1.82) is 0 Å². The van der Waals surface area contributed by atoms with E-state index < -0.39 is 0 Å². The van der Waals surface area contributed by atoms with Crippen LogP contribution in [0.4, 0.5) is 4.39 Å². The van der Waals surface area contributed by atoms with E-state index in [1.54, 1.807) is 13.0 Å². The number of fused-ring (bicyclic) bond motifs is 1. The number of hydrogen-bond acceptors (Lipinski definition) is 3. The molecule has 0 fully saturated rings. The smallest absolute Gasteiger partial charge is 0.255 e. The van der Waals surface area contributed by atoms with Gasteiger partial charge in [0.05, 0.1) is 11.3 Å². The lowest BCUT2D eigenvalue weighted by Gasteiger charge is -2.28. The quantitative estimate of drug-likeness (QED) is 0.920. The van der Waals surface area contributed by atoms with Crippen molar-refractivity contribution < 1.29 is 4.39 Å². The summed E-state index contributed by atoms with van der Waals surface area (Å²) in [5.41, 5.74) is 3.65. The van der Waals surface area contributed by atoms with Gasteiger partial charge >= 0.3 is 0 Å². The average molecular weight is 287 g/mol. The van der Waals surface area contributed by atoms with Crippen LogP contribution in [0.2, 0.25) is 0 Å². The second-order valence-corrected chi connectivity index (χ2v) is 5.61. The Balaban J connectivity index is 1.82. The first-order chi connectivity index (χ1) is 10.0. The fraction of sp³-hybridized carbons (Fsp3) is 0.375. The first-order valence-corrected chi connectivity index (χ1v) is 7.09. The number of rotatable bonds is 2. The minimum atomic E-state index is -0.212. The van der Waals surface area contributed by atoms with E-state index in [1.165, 1.54) is 6.07 Å². The Kier molecular flexibility index (Phi) is 3.59. The van der Waals surface area contributed by atoms with Crippen LogP contribution in [-0.4, -0.2) is 21.4 Å². The number of nitrogens with zero attached hydrogens (tertiary/aromatic N) is 2. The Bertz CT molecular complexity index is 739. The van der Waals surface area contributed by atoms with E-state index in [0.29, 0.717) is 12.4 Å². The van der Waals surface area contributed by atoms with Gasteiger partial charge in [0.2, 0.25) is 0 Å². The van der Waals surface area contributed by atoms with Gasteiger partial charge in [-0.2, -0.15) is 0 Å². The maximum Gasteiger partial charge on any atom is 0.255 e. The summed E-state index contributed by atoms with van der Waals surface area (Å²) in [6.07, 6.45) is 0.778. The van der Waals surface area contributed by atoms with Crippen molar-refractivity contribution in [3.63, 3.8) is 0 Å². The summed E-state index contributed by atoms with van der Waals surface area (Å²) >= 11 is 0. The second-order valence-electron chi connectivity index (χ2n) is 5.61. The van der Waals surface area contributed by atoms with Crippen LogP contribution in [0.5, 0.6) is 0 Å². The van der Waals surface area contributed by atoms with Crippen molar-refractivity contribution >= 4 is 0 Å². The number of aryl methyl sites for hydroxylation is 2. The standard InChI is InChI=1S/C16H18FN3O/c1-10-7-13(17)4-3-12(10)8-20-6-5-15-14(9-20)16(21)19-11(2)18-15/h3-4,7H,5-6,8-9H2,1-2H3,(H,18,19,21). The topological polar surface area (TPSA) is 49.0 Å². The summed E-state index contributed by atoms with van der Waals surface area (Å²) < 4.78 is 13.1. The third-order valence-electron chi connectivity index (χ3n) is 3.96. The maximum atomic E-state index is 13.1. The molecule has 0 atom stereocenters. The van der Waals surface area contributed by atoms with E-state index >= 15 is 0 Å². The van der Waals surface area contributed by atoms with Gasteiger partial charge in [0.15, 0.2) is 0 Å². The minimum absolute atomic E-state index is 0.0435. The molecule has 2 aromatic rings. The minimum Gasteiger partial charge on any atom is -0.310 e. The van der Waals surface area contributed by atoms with Crippen LogP contribution in [0.15, 0.2) is 23.0 Å². The lowest BCUT2D eigenvalue weighted by Crippen LogP contribution is -2.35. The maximum absolute atomic E-state index is 13.1. The average Bonchev–Trinajstić information content (AvgIpc) is 2.42. The van der Waals surface area contributed by atoms with E-state index in [4.69, 9.17) is 0 Å². The van der Waals surface area contributed by atoms with Crippen LogP contribution < -0.4 is 5.56 Å². The van der Waals surface area contributed by atoms with Crippen LogP contribution in [0, 0.1) is 19.7 Å². The van der Waals surface area contributed by atoms with Crippen LogP contribution in [0.1, 0.15) is 28.2 Å². The molecule has 3 rings (SSSR count). The molecule has 21 heavy (non-hydrogen) atoms. The Hall–Kier alpha value is -2.01. The monoisotopic (exact) mass is 287 g/mol. The summed E-state index contributed by atoms with van der Waals surface area (Å²) in [6, 6.07) is 4.85. The molecule has 0 spiro atoms. The molecule has 110 valence electrons. The molecule has 1 N–H and O–H groups in total. The molecular formula is C16H18FN3O. The Morgan fingerprint density at radius 3 is 2.95 bits per heavy atom. The number of benzene rings is 1. The Morgan fingerprint density at radius 2 is 2.19 bits per heavy atom. The molecule has 1 aromatic heterocycles. The van der Waals surface area contributed by atoms with E-state index in [9.17, 15) is 9.18 Å². The highest BCUT2D eigenvalue weighted by molar-refractivity contribution is 5.27. The molecule has 1 aliphatic rings. The van der Waals surface area contributed by atoms with Gasteiger partial charge in [0.25, 0.3) is 5.56 Å². The van der Waals surface area contributed by atoms with E-state index in [-0.39, 0.29) is 11.4 Å². The van der Waals surface area contributed by atoms with Gasteiger partial charge in [0.1, 0.15) is 11.6 Å². The second kappa shape index (κ2) is 5.41. The largest absolute Gasteiger partial charge is 0.310 e. The molecule has 0 saturated heterocycles. The summed E-state index contributed by atoms with van der Waals surface area (Å²) in [6.45, 7) is 5.89. The number of hydrogen-bond donors (Lipinski definition) is 1. The van der Waals surface area contributed by atoms with Crippen molar-refractivity contribution in [3.05, 3.63) is 62.6 Å². The van der Waals surface area contributed by atoms with Gasteiger partial charge in [0, 0.05) is 26.1 Å². The number of nitrogens with one attached hydrogen (secondary N) is 1. The molecule has 1 aliphatic heterocycles. The Labute approximate surface area is 122 Å². The molecule has 2 heterocycles. The molecule has 0 bridgehead atoms. The molecule has 0 saturated carbocycles. The first-order valence-electron chi connectivity index (χ1n) is 7.09. The molecule has 0 unspecified atom stereocenters. The van der Waals surface area contributed by atoms with Crippen molar-refractivity contribution in [2.75, 3.05) is 6.54 Å². The zero-order chi connectivity index (χ0) is 15.0. The van der Waals surface area contributed by atoms with Crippen LogP contribution in [0.25, 0.3) is 0 Å². The summed E-state index contributed by atoms with van der Waals surface area (Å²) in [7, 11) is 0. The zero-order valence-corrected chi connectivity index (χ0v) is 12.2. The normalized spacial score (nSPS) is 15.0. The molecule has 4 nitrogen and oxygen atoms in total. The van der Waals surface area contributed by atoms with Crippen LogP contribution >= 0.6 is 0 Å². The third-order valence-corrected chi connectivity index (χ3v) is 3.96. The molecule has 0 aliphatic carbocycles. The molecule has 0 amide bonds. The highest BCUT2D eigenvalue weighted by Crippen LogP contribution is 2.18. The summed E-state index contributed by atoms with van der Waals surface area (Å²) in [5.74, 6) is 0.456. The van der Waals surface area contributed by atoms with Gasteiger partial charge in [-0.25, -0.2) is 9.37 Å². The van der Waals surface area contributed by atoms with Gasteiger partial charge in [-0.3, -0.25) is 9.69 Å². The SMILES string of the molecule is Cc1nc2c(c(=O)[nH]1)CN(Cc1ccc(F)cc1C)CC2. The highest BCUT2D eigenvalue weighted by Gasteiger charge is 2.21. The predicted molar refractivity (Wildman–Crippen MR) is 78.5 cm³/mol. The van der Waals surface area contributed by atoms with Crippen LogP contribution in [-0.2, 0) is 19.5 Å². The number of aromatic amines is 1. The van der Waals surface area contributed by atoms with Gasteiger partial charge in [-0.05, 0) is 37.1 Å². The highest BCUT2D eigenvalue weighted by atomic mass is 19.1. The van der Waals surface area contributed by atoms with Crippen molar-refractivity contribution in [2.24, 2.45) is 0 Å². The molecule has 5 heteroatoms. The Morgan fingerprint density at radius 1 is 1.38 bits per heavy atom. The number of aromatic nitrogens is 2. The lowest BCUT2D eigenvalue weighted by atomic mass is 10.0. The van der Waals surface area contributed by atoms with E-state index in [1.807, 2.05) is 13.0 Å². The first kappa shape index (κ1) is 13.9. The number of halogens is 1. The fourth-order valence-corrected chi connectivity index (χ4v) is 2.82. The fourth-order valence-electron chi connectivity index (χ4n) is 2.82. The third kappa shape index (κ3) is 2.88. The zero-order valence-electron chi connectivity index (χ0n) is 12.2. The van der Waals surface area contributed by atoms with Gasteiger partial charge < -0.3 is 4.98 Å². The van der Waals surface area contributed by atoms with Crippen molar-refractivity contribution in [1.82, 2.24) is 14.9 Å². The van der Waals surface area contributed by atoms with Gasteiger partial charge in [-0.15, -0.1) is 0 Å². The van der Waals surface area contributed by atoms with Crippen molar-refractivity contribution in [2.45, 2.75) is 33.4 Å². The number of H-pyrrole nitrogens is 1. The lowest BCUT2D eigenvalue weighted by molar-refractivity contribution is 0.241. The predicted octanol–water partition coefficient (Wildman–Crippen LogP) is 2.08. The van der Waals surface area contributed by atoms with E-state index in [2.05, 4.69) is 14.9 Å². The van der Waals surface area contributed by atoms with Gasteiger partial charge in [-0.1, -0.05) is 6.07 Å². The summed E-state index contributed by atoms with van der Waals surface area (Å²) in [5, 5.41) is 0. The molecular weight excluding hydrogens is 269 g/mol. The van der Waals surface area contributed by atoms with Crippen molar-refractivity contribution in [3.8, 4) is 0 Å². The summed E-state index contributed by atoms with van der Waals surface area (Å²) in [4.78, 5) is 21.4. The molecule has 0 radical (unpaired) electrons.